The van der Waals surface area contributed by atoms with E-state index in [1.807, 2.05) is 6.20 Å². The van der Waals surface area contributed by atoms with Crippen molar-refractivity contribution in [1.29, 1.82) is 0 Å². The Morgan fingerprint density at radius 2 is 2.05 bits per heavy atom. The number of carbonyl (C=O) groups is 1. The Labute approximate surface area is 116 Å². The molecule has 0 saturated heterocycles. The van der Waals surface area contributed by atoms with Gasteiger partial charge in [-0.3, -0.25) is 4.98 Å². The molecule has 1 saturated carbocycles. The predicted octanol–water partition coefficient (Wildman–Crippen LogP) is 4.29. The van der Waals surface area contributed by atoms with Gasteiger partial charge in [-0.25, -0.2) is 0 Å². The number of unbranched alkanes of at least 4 members (excludes halogenated alkanes) is 1. The first kappa shape index (κ1) is 14.2. The number of aldehydes is 1. The second kappa shape index (κ2) is 7.42. The van der Waals surface area contributed by atoms with E-state index in [0.717, 1.165) is 17.8 Å². The molecule has 2 rings (SSSR count). The highest BCUT2D eigenvalue weighted by Gasteiger charge is 2.22. The number of hydrogen-bond donors (Lipinski definition) is 0. The van der Waals surface area contributed by atoms with Gasteiger partial charge in [-0.2, -0.15) is 0 Å². The largest absolute Gasteiger partial charge is 0.303 e. The van der Waals surface area contributed by atoms with E-state index in [-0.39, 0.29) is 0 Å². The normalized spacial score (nSPS) is 23.2. The summed E-state index contributed by atoms with van der Waals surface area (Å²) in [5.74, 6) is 1.59. The molecular formula is C17H25NO. The van der Waals surface area contributed by atoms with E-state index < -0.39 is 0 Å². The fourth-order valence-corrected chi connectivity index (χ4v) is 3.13. The van der Waals surface area contributed by atoms with Crippen LogP contribution >= 0.6 is 0 Å². The number of hydrogen-bond acceptors (Lipinski definition) is 2. The van der Waals surface area contributed by atoms with Crippen LogP contribution < -0.4 is 0 Å². The van der Waals surface area contributed by atoms with Gasteiger partial charge < -0.3 is 4.79 Å². The zero-order chi connectivity index (χ0) is 13.5. The van der Waals surface area contributed by atoms with Gasteiger partial charge >= 0.3 is 0 Å². The van der Waals surface area contributed by atoms with Gasteiger partial charge in [0.15, 0.2) is 0 Å². The van der Waals surface area contributed by atoms with Gasteiger partial charge in [-0.15, -0.1) is 0 Å². The summed E-state index contributed by atoms with van der Waals surface area (Å²) in [6, 6.07) is 4.18. The Hall–Kier alpha value is -1.18. The molecule has 1 aromatic heterocycles. The molecule has 1 fully saturated rings. The minimum Gasteiger partial charge on any atom is -0.303 e. The highest BCUT2D eigenvalue weighted by atomic mass is 16.1. The molecule has 0 unspecified atom stereocenters. The number of pyridine rings is 1. The third-order valence-corrected chi connectivity index (χ3v) is 4.40. The van der Waals surface area contributed by atoms with Crippen LogP contribution in [0.2, 0.25) is 0 Å². The number of carbonyl (C=O) groups excluding carboxylic acids is 1. The minimum atomic E-state index is 0.483. The summed E-state index contributed by atoms with van der Waals surface area (Å²) in [6.45, 7) is 2.27. The molecular weight excluding hydrogens is 234 g/mol. The van der Waals surface area contributed by atoms with Crippen molar-refractivity contribution in [1.82, 2.24) is 4.98 Å². The maximum Gasteiger partial charge on any atom is 0.124 e. The molecule has 2 heteroatoms. The zero-order valence-electron chi connectivity index (χ0n) is 12.0. The van der Waals surface area contributed by atoms with Crippen LogP contribution in [-0.4, -0.2) is 11.3 Å². The summed E-state index contributed by atoms with van der Waals surface area (Å²) >= 11 is 0. The number of rotatable bonds is 6. The summed E-state index contributed by atoms with van der Waals surface area (Å²) in [4.78, 5) is 15.0. The van der Waals surface area contributed by atoms with Gasteiger partial charge in [0.2, 0.25) is 0 Å². The lowest BCUT2D eigenvalue weighted by Gasteiger charge is -2.28. The van der Waals surface area contributed by atoms with Crippen LogP contribution in [0, 0.1) is 5.92 Å². The van der Waals surface area contributed by atoms with Crippen molar-refractivity contribution in [3.63, 3.8) is 0 Å². The van der Waals surface area contributed by atoms with Crippen LogP contribution in [0.3, 0.4) is 0 Å². The Kier molecular flexibility index (Phi) is 5.56. The fourth-order valence-electron chi connectivity index (χ4n) is 3.13. The average Bonchev–Trinajstić information content (AvgIpc) is 2.47. The van der Waals surface area contributed by atoms with E-state index in [4.69, 9.17) is 0 Å². The summed E-state index contributed by atoms with van der Waals surface area (Å²) < 4.78 is 0. The van der Waals surface area contributed by atoms with Gasteiger partial charge in [0.1, 0.15) is 6.29 Å². The monoisotopic (exact) mass is 259 g/mol. The van der Waals surface area contributed by atoms with E-state index in [9.17, 15) is 4.79 Å². The van der Waals surface area contributed by atoms with E-state index in [0.29, 0.717) is 12.3 Å². The standard InChI is InChI=1S/C17H25NO/c1-2-3-4-14-5-8-16(9-6-14)17-10-7-15(11-12-19)13-18-17/h7,10,12-14,16H,2-6,8-9,11H2,1H3/t14-,16-. The second-order valence-corrected chi connectivity index (χ2v) is 5.82. The molecule has 104 valence electrons. The van der Waals surface area contributed by atoms with Gasteiger partial charge in [0.25, 0.3) is 0 Å². The Bertz CT molecular complexity index is 377. The summed E-state index contributed by atoms with van der Waals surface area (Å²) in [5.41, 5.74) is 2.25. The van der Waals surface area contributed by atoms with Crippen molar-refractivity contribution in [2.75, 3.05) is 0 Å². The predicted molar refractivity (Wildman–Crippen MR) is 78.2 cm³/mol. The van der Waals surface area contributed by atoms with Crippen LogP contribution in [-0.2, 0) is 11.2 Å². The average molecular weight is 259 g/mol. The SMILES string of the molecule is CCCC[C@H]1CC[C@H](c2ccc(CC=O)cn2)CC1. The summed E-state index contributed by atoms with van der Waals surface area (Å²) in [6.07, 6.45) is 12.7. The molecule has 0 aliphatic heterocycles. The lowest BCUT2D eigenvalue weighted by Crippen LogP contribution is -2.14. The topological polar surface area (TPSA) is 30.0 Å². The lowest BCUT2D eigenvalue weighted by atomic mass is 9.78. The molecule has 0 aromatic carbocycles. The van der Waals surface area contributed by atoms with Crippen LogP contribution in [0.15, 0.2) is 18.3 Å². The Morgan fingerprint density at radius 1 is 1.26 bits per heavy atom. The molecule has 1 aliphatic rings. The zero-order valence-corrected chi connectivity index (χ0v) is 12.0. The van der Waals surface area contributed by atoms with Crippen LogP contribution in [0.5, 0.6) is 0 Å². The quantitative estimate of drug-likeness (QED) is 0.713. The molecule has 2 nitrogen and oxygen atoms in total. The first-order chi connectivity index (χ1) is 9.33. The van der Waals surface area contributed by atoms with E-state index >= 15 is 0 Å². The molecule has 1 aliphatic carbocycles. The highest BCUT2D eigenvalue weighted by Crippen LogP contribution is 2.36. The Morgan fingerprint density at radius 3 is 2.63 bits per heavy atom. The third kappa shape index (κ3) is 4.15. The van der Waals surface area contributed by atoms with Crippen molar-refractivity contribution in [2.45, 2.75) is 64.2 Å². The smallest absolute Gasteiger partial charge is 0.124 e. The van der Waals surface area contributed by atoms with E-state index in [1.165, 1.54) is 50.6 Å². The van der Waals surface area contributed by atoms with Crippen molar-refractivity contribution >= 4 is 6.29 Å². The second-order valence-electron chi connectivity index (χ2n) is 5.82. The van der Waals surface area contributed by atoms with Crippen molar-refractivity contribution in [2.24, 2.45) is 5.92 Å². The first-order valence-corrected chi connectivity index (χ1v) is 7.72. The third-order valence-electron chi connectivity index (χ3n) is 4.40. The fraction of sp³-hybridized carbons (Fsp3) is 0.647. The number of nitrogens with zero attached hydrogens (tertiary/aromatic N) is 1. The van der Waals surface area contributed by atoms with E-state index in [1.54, 1.807) is 0 Å². The molecule has 0 spiro atoms. The molecule has 0 N–H and O–H groups in total. The van der Waals surface area contributed by atoms with Gasteiger partial charge in [-0.1, -0.05) is 32.3 Å². The van der Waals surface area contributed by atoms with Crippen molar-refractivity contribution in [3.8, 4) is 0 Å². The lowest BCUT2D eigenvalue weighted by molar-refractivity contribution is -0.107. The molecule has 1 heterocycles. The maximum absolute atomic E-state index is 10.5. The van der Waals surface area contributed by atoms with Gasteiger partial charge in [0.05, 0.1) is 0 Å². The van der Waals surface area contributed by atoms with Gasteiger partial charge in [0, 0.05) is 24.2 Å². The number of aromatic nitrogens is 1. The van der Waals surface area contributed by atoms with Crippen LogP contribution in [0.4, 0.5) is 0 Å². The molecule has 19 heavy (non-hydrogen) atoms. The highest BCUT2D eigenvalue weighted by molar-refractivity contribution is 5.54. The van der Waals surface area contributed by atoms with Crippen LogP contribution in [0.25, 0.3) is 0 Å². The minimum absolute atomic E-state index is 0.483. The molecule has 0 amide bonds. The molecule has 0 radical (unpaired) electrons. The maximum atomic E-state index is 10.5. The first-order valence-electron chi connectivity index (χ1n) is 7.72. The summed E-state index contributed by atoms with van der Waals surface area (Å²) in [5, 5.41) is 0. The van der Waals surface area contributed by atoms with E-state index in [2.05, 4.69) is 24.0 Å². The molecule has 0 bridgehead atoms. The van der Waals surface area contributed by atoms with Crippen LogP contribution in [0.1, 0.15) is 69.0 Å². The molecule has 1 aromatic rings. The molecule has 0 atom stereocenters. The van der Waals surface area contributed by atoms with Crippen molar-refractivity contribution < 1.29 is 4.79 Å². The summed E-state index contributed by atoms with van der Waals surface area (Å²) in [7, 11) is 0. The van der Waals surface area contributed by atoms with Crippen molar-refractivity contribution in [3.05, 3.63) is 29.6 Å². The Balaban J connectivity index is 1.85. The van der Waals surface area contributed by atoms with Gasteiger partial charge in [-0.05, 0) is 43.2 Å².